The Labute approximate surface area is 193 Å². The van der Waals surface area contributed by atoms with Crippen molar-refractivity contribution in [2.75, 3.05) is 14.2 Å². The number of benzene rings is 2. The van der Waals surface area contributed by atoms with E-state index in [4.69, 9.17) is 9.47 Å². The molecule has 7 nitrogen and oxygen atoms in total. The van der Waals surface area contributed by atoms with Crippen molar-refractivity contribution in [3.8, 4) is 11.5 Å². The standard InChI is InChI=1S/C26H28N2O5/c1-14(2)10-20-25(30)27-15(3)18-13-22(33-5)21(32-4)11-16(18)12-23(27)26(31)19-9-7-6-8-17(19)24(29)28(20)26/h6-9,11,13-14,20,23,31H,3,10,12H2,1-2,4-5H3/t20-,23+,26+/m1/s1. The van der Waals surface area contributed by atoms with E-state index in [1.165, 1.54) is 4.90 Å². The molecule has 3 atom stereocenters. The van der Waals surface area contributed by atoms with Crippen molar-refractivity contribution >= 4 is 17.5 Å². The fourth-order valence-electron chi connectivity index (χ4n) is 5.63. The van der Waals surface area contributed by atoms with Gasteiger partial charge in [0.05, 0.1) is 20.3 Å². The molecular formula is C26H28N2O5. The number of fused-ring (bicyclic) bond motifs is 6. The van der Waals surface area contributed by atoms with Crippen molar-refractivity contribution in [2.45, 2.75) is 44.5 Å². The summed E-state index contributed by atoms with van der Waals surface area (Å²) in [6.45, 7) is 8.26. The van der Waals surface area contributed by atoms with Gasteiger partial charge in [-0.3, -0.25) is 14.5 Å². The molecule has 3 aliphatic heterocycles. The lowest BCUT2D eigenvalue weighted by atomic mass is 9.79. The first-order valence-corrected chi connectivity index (χ1v) is 11.2. The second-order valence-electron chi connectivity index (χ2n) is 9.33. The Morgan fingerprint density at radius 3 is 2.45 bits per heavy atom. The van der Waals surface area contributed by atoms with E-state index in [1.54, 1.807) is 37.3 Å². The van der Waals surface area contributed by atoms with Gasteiger partial charge in [-0.25, -0.2) is 0 Å². The van der Waals surface area contributed by atoms with Crippen LogP contribution in [0.2, 0.25) is 0 Å². The van der Waals surface area contributed by atoms with Gasteiger partial charge in [0.25, 0.3) is 5.91 Å². The van der Waals surface area contributed by atoms with Gasteiger partial charge in [-0.1, -0.05) is 38.6 Å². The maximum Gasteiger partial charge on any atom is 0.257 e. The van der Waals surface area contributed by atoms with Crippen LogP contribution < -0.4 is 9.47 Å². The maximum absolute atomic E-state index is 13.9. The quantitative estimate of drug-likeness (QED) is 0.777. The molecule has 172 valence electrons. The Kier molecular flexibility index (Phi) is 4.79. The molecule has 3 heterocycles. The van der Waals surface area contributed by atoms with Crippen LogP contribution in [0.4, 0.5) is 0 Å². The van der Waals surface area contributed by atoms with Crippen molar-refractivity contribution in [1.29, 1.82) is 0 Å². The number of hydrogen-bond acceptors (Lipinski definition) is 5. The van der Waals surface area contributed by atoms with E-state index in [2.05, 4.69) is 6.58 Å². The Bertz CT molecular complexity index is 1190. The lowest BCUT2D eigenvalue weighted by Crippen LogP contribution is -2.71. The van der Waals surface area contributed by atoms with E-state index >= 15 is 0 Å². The first kappa shape index (κ1) is 21.5. The summed E-state index contributed by atoms with van der Waals surface area (Å²) in [5.74, 6) is 0.719. The minimum atomic E-state index is -1.66. The fraction of sp³-hybridized carbons (Fsp3) is 0.385. The monoisotopic (exact) mass is 448 g/mol. The zero-order chi connectivity index (χ0) is 23.7. The van der Waals surface area contributed by atoms with Crippen molar-refractivity contribution < 1.29 is 24.2 Å². The number of ether oxygens (including phenoxy) is 2. The summed E-state index contributed by atoms with van der Waals surface area (Å²) in [5.41, 5.74) is 1.45. The molecule has 1 N–H and O–H groups in total. The van der Waals surface area contributed by atoms with E-state index in [0.29, 0.717) is 41.2 Å². The Hall–Kier alpha value is -3.32. The predicted molar refractivity (Wildman–Crippen MR) is 123 cm³/mol. The molecule has 0 aromatic heterocycles. The number of piperazine rings is 1. The highest BCUT2D eigenvalue weighted by Crippen LogP contribution is 2.52. The molecule has 1 fully saturated rings. The Morgan fingerprint density at radius 2 is 1.79 bits per heavy atom. The lowest BCUT2D eigenvalue weighted by Gasteiger charge is -2.55. The minimum absolute atomic E-state index is 0.144. The van der Waals surface area contributed by atoms with Crippen molar-refractivity contribution in [3.05, 3.63) is 65.2 Å². The molecule has 0 unspecified atom stereocenters. The van der Waals surface area contributed by atoms with Crippen LogP contribution in [0.1, 0.15) is 47.3 Å². The summed E-state index contributed by atoms with van der Waals surface area (Å²) in [4.78, 5) is 30.4. The number of hydrogen-bond donors (Lipinski definition) is 1. The van der Waals surface area contributed by atoms with Gasteiger partial charge in [0.1, 0.15) is 6.04 Å². The van der Waals surface area contributed by atoms with E-state index in [9.17, 15) is 14.7 Å². The van der Waals surface area contributed by atoms with Gasteiger partial charge in [0, 0.05) is 22.4 Å². The van der Waals surface area contributed by atoms with Crippen LogP contribution in [0.3, 0.4) is 0 Å². The third-order valence-corrected chi connectivity index (χ3v) is 7.07. The van der Waals surface area contributed by atoms with Gasteiger partial charge in [0.15, 0.2) is 17.2 Å². The molecule has 5 rings (SSSR count). The largest absolute Gasteiger partial charge is 0.493 e. The second-order valence-corrected chi connectivity index (χ2v) is 9.33. The number of amides is 2. The molecule has 0 spiro atoms. The number of nitrogens with zero attached hydrogens (tertiary/aromatic N) is 2. The summed E-state index contributed by atoms with van der Waals surface area (Å²) in [7, 11) is 3.13. The highest BCUT2D eigenvalue weighted by molar-refractivity contribution is 6.05. The summed E-state index contributed by atoms with van der Waals surface area (Å²) in [6, 6.07) is 9.27. The minimum Gasteiger partial charge on any atom is -0.493 e. The molecule has 0 aliphatic carbocycles. The van der Waals surface area contributed by atoms with Crippen LogP contribution in [0.5, 0.6) is 11.5 Å². The molecule has 0 bridgehead atoms. The predicted octanol–water partition coefficient (Wildman–Crippen LogP) is 3.16. The van der Waals surface area contributed by atoms with Crippen LogP contribution in [0, 0.1) is 5.92 Å². The highest BCUT2D eigenvalue weighted by Gasteiger charge is 2.64. The number of carbonyl (C=O) groups excluding carboxylic acids is 2. The van der Waals surface area contributed by atoms with E-state index < -0.39 is 17.8 Å². The van der Waals surface area contributed by atoms with Crippen molar-refractivity contribution in [3.63, 3.8) is 0 Å². The average molecular weight is 449 g/mol. The van der Waals surface area contributed by atoms with Crippen LogP contribution in [-0.4, -0.2) is 53.0 Å². The number of methoxy groups -OCH3 is 2. The maximum atomic E-state index is 13.9. The molecule has 0 radical (unpaired) electrons. The van der Waals surface area contributed by atoms with Crippen LogP contribution in [0.25, 0.3) is 5.70 Å². The summed E-state index contributed by atoms with van der Waals surface area (Å²) in [6.07, 6.45) is 0.777. The average Bonchev–Trinajstić information content (AvgIpc) is 3.03. The van der Waals surface area contributed by atoms with Gasteiger partial charge in [-0.2, -0.15) is 0 Å². The molecule has 2 aromatic carbocycles. The SMILES string of the molecule is C=C1c2cc(OC)c(OC)cc2C[C@@H]2N1C(=O)[C@@H](CC(C)C)N1C(=O)c3ccccc3[C@]21O. The van der Waals surface area contributed by atoms with Gasteiger partial charge < -0.3 is 19.5 Å². The zero-order valence-electron chi connectivity index (χ0n) is 19.3. The molecule has 33 heavy (non-hydrogen) atoms. The number of rotatable bonds is 4. The van der Waals surface area contributed by atoms with Gasteiger partial charge >= 0.3 is 0 Å². The van der Waals surface area contributed by atoms with Crippen LogP contribution in [0.15, 0.2) is 43.0 Å². The summed E-state index contributed by atoms with van der Waals surface area (Å²) in [5, 5.41) is 12.3. The summed E-state index contributed by atoms with van der Waals surface area (Å²) < 4.78 is 10.9. The lowest BCUT2D eigenvalue weighted by molar-refractivity contribution is -0.192. The fourth-order valence-corrected chi connectivity index (χ4v) is 5.63. The van der Waals surface area contributed by atoms with E-state index in [-0.39, 0.29) is 17.7 Å². The number of carbonyl (C=O) groups is 2. The topological polar surface area (TPSA) is 79.3 Å². The molecule has 2 aromatic rings. The Morgan fingerprint density at radius 1 is 1.12 bits per heavy atom. The second kappa shape index (κ2) is 7.35. The van der Waals surface area contributed by atoms with E-state index in [0.717, 1.165) is 11.1 Å². The molecule has 0 saturated carbocycles. The first-order chi connectivity index (χ1) is 15.7. The van der Waals surface area contributed by atoms with Crippen molar-refractivity contribution in [1.82, 2.24) is 9.80 Å². The van der Waals surface area contributed by atoms with Gasteiger partial charge in [-0.05, 0) is 42.5 Å². The van der Waals surface area contributed by atoms with Crippen LogP contribution >= 0.6 is 0 Å². The molecule has 7 heteroatoms. The molecular weight excluding hydrogens is 420 g/mol. The van der Waals surface area contributed by atoms with Gasteiger partial charge in [-0.15, -0.1) is 0 Å². The summed E-state index contributed by atoms with van der Waals surface area (Å²) >= 11 is 0. The molecule has 1 saturated heterocycles. The van der Waals surface area contributed by atoms with Crippen LogP contribution in [-0.2, 0) is 16.9 Å². The van der Waals surface area contributed by atoms with E-state index in [1.807, 2.05) is 32.0 Å². The Balaban J connectivity index is 1.73. The molecule has 2 amide bonds. The highest BCUT2D eigenvalue weighted by atomic mass is 16.5. The first-order valence-electron chi connectivity index (χ1n) is 11.2. The smallest absolute Gasteiger partial charge is 0.257 e. The van der Waals surface area contributed by atoms with Crippen molar-refractivity contribution in [2.24, 2.45) is 5.92 Å². The third kappa shape index (κ3) is 2.78. The number of aliphatic hydroxyl groups is 1. The van der Waals surface area contributed by atoms with Gasteiger partial charge in [0.2, 0.25) is 5.91 Å². The third-order valence-electron chi connectivity index (χ3n) is 7.07. The molecule has 3 aliphatic rings. The zero-order valence-corrected chi connectivity index (χ0v) is 19.3. The normalized spacial score (nSPS) is 25.6.